The first kappa shape index (κ1) is 9.97. The lowest BCUT2D eigenvalue weighted by Crippen LogP contribution is -2.26. The van der Waals surface area contributed by atoms with E-state index in [0.29, 0.717) is 6.04 Å². The van der Waals surface area contributed by atoms with Crippen molar-refractivity contribution in [1.29, 1.82) is 0 Å². The minimum Gasteiger partial charge on any atom is -0.367 e. The third-order valence-corrected chi connectivity index (χ3v) is 3.24. The van der Waals surface area contributed by atoms with Crippen LogP contribution in [0.25, 0.3) is 0 Å². The standard InChI is InChI=1S/C11H15BrN2/c1-8-3-9(2)14(7-8)11-4-10(12)5-13-6-11/h4-6,8-9H,3,7H2,1-2H3. The zero-order chi connectivity index (χ0) is 10.1. The molecule has 1 fully saturated rings. The fourth-order valence-corrected chi connectivity index (χ4v) is 2.57. The van der Waals surface area contributed by atoms with E-state index in [-0.39, 0.29) is 0 Å². The molecular formula is C11H15BrN2. The number of nitrogens with zero attached hydrogens (tertiary/aromatic N) is 2. The van der Waals surface area contributed by atoms with Crippen LogP contribution in [0.15, 0.2) is 22.9 Å². The topological polar surface area (TPSA) is 16.1 Å². The van der Waals surface area contributed by atoms with Gasteiger partial charge >= 0.3 is 0 Å². The average molecular weight is 255 g/mol. The van der Waals surface area contributed by atoms with Crippen molar-refractivity contribution in [2.45, 2.75) is 26.3 Å². The molecule has 14 heavy (non-hydrogen) atoms. The number of halogens is 1. The second-order valence-electron chi connectivity index (χ2n) is 4.20. The molecule has 0 aromatic carbocycles. The molecule has 2 unspecified atom stereocenters. The Hall–Kier alpha value is -0.570. The average Bonchev–Trinajstić information content (AvgIpc) is 2.45. The first-order valence-electron chi connectivity index (χ1n) is 5.04. The van der Waals surface area contributed by atoms with E-state index in [4.69, 9.17) is 0 Å². The normalized spacial score (nSPS) is 26.9. The number of hydrogen-bond acceptors (Lipinski definition) is 2. The number of rotatable bonds is 1. The van der Waals surface area contributed by atoms with Crippen molar-refractivity contribution in [2.75, 3.05) is 11.4 Å². The third kappa shape index (κ3) is 1.92. The highest BCUT2D eigenvalue weighted by molar-refractivity contribution is 9.10. The van der Waals surface area contributed by atoms with Gasteiger partial charge in [0.05, 0.1) is 11.9 Å². The second-order valence-corrected chi connectivity index (χ2v) is 5.12. The Kier molecular flexibility index (Phi) is 2.77. The number of aromatic nitrogens is 1. The van der Waals surface area contributed by atoms with Crippen LogP contribution in [0.2, 0.25) is 0 Å². The Morgan fingerprint density at radius 1 is 1.43 bits per heavy atom. The Balaban J connectivity index is 2.23. The molecule has 1 aromatic heterocycles. The predicted molar refractivity (Wildman–Crippen MR) is 62.5 cm³/mol. The highest BCUT2D eigenvalue weighted by Gasteiger charge is 2.26. The van der Waals surface area contributed by atoms with Gasteiger partial charge in [-0.25, -0.2) is 0 Å². The quantitative estimate of drug-likeness (QED) is 0.766. The second kappa shape index (κ2) is 3.89. The molecule has 3 heteroatoms. The minimum atomic E-state index is 0.640. The molecule has 0 aliphatic carbocycles. The zero-order valence-electron chi connectivity index (χ0n) is 8.57. The van der Waals surface area contributed by atoms with Crippen LogP contribution < -0.4 is 4.90 Å². The maximum Gasteiger partial charge on any atom is 0.0566 e. The SMILES string of the molecule is CC1CC(C)N(c2cncc(Br)c2)C1. The Morgan fingerprint density at radius 3 is 2.79 bits per heavy atom. The molecule has 1 saturated heterocycles. The van der Waals surface area contributed by atoms with Crippen molar-refractivity contribution in [2.24, 2.45) is 5.92 Å². The summed E-state index contributed by atoms with van der Waals surface area (Å²) in [5, 5.41) is 0. The predicted octanol–water partition coefficient (Wildman–Crippen LogP) is 3.08. The number of hydrogen-bond donors (Lipinski definition) is 0. The summed E-state index contributed by atoms with van der Waals surface area (Å²) in [5.74, 6) is 0.795. The van der Waals surface area contributed by atoms with E-state index in [0.717, 1.165) is 16.9 Å². The smallest absolute Gasteiger partial charge is 0.0566 e. The van der Waals surface area contributed by atoms with E-state index in [9.17, 15) is 0 Å². The van der Waals surface area contributed by atoms with Crippen LogP contribution in [0.5, 0.6) is 0 Å². The largest absolute Gasteiger partial charge is 0.367 e. The number of anilines is 1. The van der Waals surface area contributed by atoms with Crippen LogP contribution in [0.4, 0.5) is 5.69 Å². The molecule has 2 nitrogen and oxygen atoms in total. The van der Waals surface area contributed by atoms with Crippen molar-refractivity contribution >= 4 is 21.6 Å². The zero-order valence-corrected chi connectivity index (χ0v) is 10.2. The van der Waals surface area contributed by atoms with Gasteiger partial charge < -0.3 is 4.90 Å². The minimum absolute atomic E-state index is 0.640. The van der Waals surface area contributed by atoms with E-state index in [2.05, 4.69) is 45.7 Å². The van der Waals surface area contributed by atoms with Gasteiger partial charge in [-0.2, -0.15) is 0 Å². The van der Waals surface area contributed by atoms with Crippen molar-refractivity contribution < 1.29 is 0 Å². The summed E-state index contributed by atoms with van der Waals surface area (Å²) in [6.07, 6.45) is 5.06. The molecular weight excluding hydrogens is 240 g/mol. The summed E-state index contributed by atoms with van der Waals surface area (Å²) < 4.78 is 1.06. The molecule has 76 valence electrons. The van der Waals surface area contributed by atoms with Crippen molar-refractivity contribution in [1.82, 2.24) is 4.98 Å². The van der Waals surface area contributed by atoms with Crippen LogP contribution in [-0.4, -0.2) is 17.6 Å². The highest BCUT2D eigenvalue weighted by atomic mass is 79.9. The van der Waals surface area contributed by atoms with Crippen LogP contribution >= 0.6 is 15.9 Å². The maximum atomic E-state index is 4.20. The van der Waals surface area contributed by atoms with Crippen LogP contribution in [0.1, 0.15) is 20.3 Å². The van der Waals surface area contributed by atoms with Crippen molar-refractivity contribution in [3.8, 4) is 0 Å². The van der Waals surface area contributed by atoms with Gasteiger partial charge in [-0.1, -0.05) is 6.92 Å². The maximum absolute atomic E-state index is 4.20. The van der Waals surface area contributed by atoms with E-state index in [1.54, 1.807) is 0 Å². The Labute approximate surface area is 93.5 Å². The molecule has 1 aliphatic heterocycles. The van der Waals surface area contributed by atoms with Crippen LogP contribution in [0, 0.1) is 5.92 Å². The third-order valence-electron chi connectivity index (χ3n) is 2.81. The van der Waals surface area contributed by atoms with E-state index < -0.39 is 0 Å². The molecule has 2 atom stereocenters. The molecule has 0 N–H and O–H groups in total. The van der Waals surface area contributed by atoms with E-state index >= 15 is 0 Å². The summed E-state index contributed by atoms with van der Waals surface area (Å²) >= 11 is 3.46. The molecule has 1 aliphatic rings. The van der Waals surface area contributed by atoms with Gasteiger partial charge in [0.1, 0.15) is 0 Å². The molecule has 0 bridgehead atoms. The molecule has 0 radical (unpaired) electrons. The summed E-state index contributed by atoms with van der Waals surface area (Å²) in [7, 11) is 0. The highest BCUT2D eigenvalue weighted by Crippen LogP contribution is 2.29. The monoisotopic (exact) mass is 254 g/mol. The molecule has 2 rings (SSSR count). The van der Waals surface area contributed by atoms with Crippen LogP contribution in [0.3, 0.4) is 0 Å². The molecule has 1 aromatic rings. The van der Waals surface area contributed by atoms with Gasteiger partial charge in [-0.05, 0) is 41.3 Å². The van der Waals surface area contributed by atoms with Crippen molar-refractivity contribution in [3.63, 3.8) is 0 Å². The van der Waals surface area contributed by atoms with Gasteiger partial charge in [0.15, 0.2) is 0 Å². The fraction of sp³-hybridized carbons (Fsp3) is 0.545. The van der Waals surface area contributed by atoms with Gasteiger partial charge in [0.2, 0.25) is 0 Å². The summed E-state index contributed by atoms with van der Waals surface area (Å²) in [6.45, 7) is 5.74. The molecule has 0 spiro atoms. The van der Waals surface area contributed by atoms with Gasteiger partial charge in [0.25, 0.3) is 0 Å². The van der Waals surface area contributed by atoms with Crippen molar-refractivity contribution in [3.05, 3.63) is 22.9 Å². The lowest BCUT2D eigenvalue weighted by atomic mass is 10.1. The summed E-state index contributed by atoms with van der Waals surface area (Å²) in [5.41, 5.74) is 1.23. The molecule has 0 saturated carbocycles. The molecule has 0 amide bonds. The lowest BCUT2D eigenvalue weighted by molar-refractivity contribution is 0.625. The Morgan fingerprint density at radius 2 is 2.21 bits per heavy atom. The van der Waals surface area contributed by atoms with E-state index in [1.165, 1.54) is 12.1 Å². The van der Waals surface area contributed by atoms with Gasteiger partial charge in [-0.15, -0.1) is 0 Å². The molecule has 2 heterocycles. The first-order valence-corrected chi connectivity index (χ1v) is 5.83. The fourth-order valence-electron chi connectivity index (χ4n) is 2.22. The first-order chi connectivity index (χ1) is 6.66. The lowest BCUT2D eigenvalue weighted by Gasteiger charge is -2.23. The van der Waals surface area contributed by atoms with Gasteiger partial charge in [-0.3, -0.25) is 4.98 Å². The van der Waals surface area contributed by atoms with Crippen LogP contribution in [-0.2, 0) is 0 Å². The van der Waals surface area contributed by atoms with Gasteiger partial charge in [0, 0.05) is 23.3 Å². The summed E-state index contributed by atoms with van der Waals surface area (Å²) in [6, 6.07) is 2.78. The van der Waals surface area contributed by atoms with E-state index in [1.807, 2.05) is 12.4 Å². The summed E-state index contributed by atoms with van der Waals surface area (Å²) in [4.78, 5) is 6.63. The Bertz CT molecular complexity index is 327. The number of pyridine rings is 1.